The Labute approximate surface area is 128 Å². The van der Waals surface area contributed by atoms with Crippen molar-refractivity contribution in [2.45, 2.75) is 45.0 Å². The molecular formula is C14H15F6NO2. The zero-order valence-electron chi connectivity index (χ0n) is 12.2. The Morgan fingerprint density at radius 1 is 1.09 bits per heavy atom. The number of likely N-dealkylation sites (tertiary alicyclic amines) is 1. The third-order valence-electron chi connectivity index (χ3n) is 3.49. The molecule has 0 aromatic heterocycles. The second kappa shape index (κ2) is 6.37. The van der Waals surface area contributed by atoms with Crippen LogP contribution in [0.4, 0.5) is 26.3 Å². The zero-order chi connectivity index (χ0) is 17.3. The van der Waals surface area contributed by atoms with Crippen LogP contribution in [0, 0.1) is 0 Å². The predicted molar refractivity (Wildman–Crippen MR) is 68.5 cm³/mol. The number of nitrogens with zero attached hydrogens (tertiary/aromatic N) is 1. The number of alkyl halides is 6. The first-order valence-corrected chi connectivity index (χ1v) is 6.95. The van der Waals surface area contributed by atoms with Gasteiger partial charge in [-0.15, -0.1) is 26.3 Å². The van der Waals surface area contributed by atoms with E-state index in [1.807, 2.05) is 0 Å². The van der Waals surface area contributed by atoms with Crippen LogP contribution in [0.1, 0.15) is 26.2 Å². The van der Waals surface area contributed by atoms with E-state index in [1.54, 1.807) is 6.92 Å². The summed E-state index contributed by atoms with van der Waals surface area (Å²) in [7, 11) is 0. The molecule has 1 heterocycles. The van der Waals surface area contributed by atoms with Crippen LogP contribution in [0.15, 0.2) is 35.4 Å². The van der Waals surface area contributed by atoms with Crippen molar-refractivity contribution in [2.75, 3.05) is 6.54 Å². The van der Waals surface area contributed by atoms with Gasteiger partial charge in [0.1, 0.15) is 11.5 Å². The molecule has 9 heteroatoms. The molecule has 0 spiro atoms. The summed E-state index contributed by atoms with van der Waals surface area (Å²) in [5.41, 5.74) is -0.297. The maximum atomic E-state index is 12.6. The van der Waals surface area contributed by atoms with Crippen molar-refractivity contribution >= 4 is 0 Å². The highest BCUT2D eigenvalue weighted by Crippen LogP contribution is 2.37. The van der Waals surface area contributed by atoms with E-state index < -0.39 is 24.2 Å². The first-order valence-electron chi connectivity index (χ1n) is 6.95. The van der Waals surface area contributed by atoms with Gasteiger partial charge in [0, 0.05) is 19.0 Å². The molecule has 1 atom stereocenters. The van der Waals surface area contributed by atoms with E-state index in [1.165, 1.54) is 17.1 Å². The van der Waals surface area contributed by atoms with Crippen LogP contribution < -0.4 is 0 Å². The van der Waals surface area contributed by atoms with Gasteiger partial charge in [-0.2, -0.15) is 0 Å². The molecule has 0 amide bonds. The summed E-state index contributed by atoms with van der Waals surface area (Å²) in [5.74, 6) is -1.30. The third-order valence-corrected chi connectivity index (χ3v) is 3.49. The molecule has 1 aliphatic carbocycles. The summed E-state index contributed by atoms with van der Waals surface area (Å²) >= 11 is 0. The van der Waals surface area contributed by atoms with Crippen LogP contribution in [0.2, 0.25) is 0 Å². The molecule has 3 nitrogen and oxygen atoms in total. The van der Waals surface area contributed by atoms with E-state index in [0.717, 1.165) is 6.08 Å². The summed E-state index contributed by atoms with van der Waals surface area (Å²) < 4.78 is 83.6. The van der Waals surface area contributed by atoms with Gasteiger partial charge in [-0.1, -0.05) is 12.2 Å². The van der Waals surface area contributed by atoms with Crippen LogP contribution in [0.3, 0.4) is 0 Å². The molecule has 0 aromatic rings. The van der Waals surface area contributed by atoms with Crippen molar-refractivity contribution < 1.29 is 35.8 Å². The van der Waals surface area contributed by atoms with Crippen molar-refractivity contribution in [3.63, 3.8) is 0 Å². The SMILES string of the molecule is CC1CCCN1C1=C(OC(F)(F)F)CC=CC=C1OC(F)(F)F. The first-order chi connectivity index (χ1) is 10.6. The highest BCUT2D eigenvalue weighted by molar-refractivity contribution is 5.35. The van der Waals surface area contributed by atoms with Crippen LogP contribution in [0.5, 0.6) is 0 Å². The van der Waals surface area contributed by atoms with Gasteiger partial charge in [0.2, 0.25) is 0 Å². The summed E-state index contributed by atoms with van der Waals surface area (Å²) in [6, 6.07) is -0.213. The Morgan fingerprint density at radius 3 is 2.26 bits per heavy atom. The normalized spacial score (nSPS) is 23.0. The monoisotopic (exact) mass is 343 g/mol. The Balaban J connectivity index is 2.46. The predicted octanol–water partition coefficient (Wildman–Crippen LogP) is 4.60. The van der Waals surface area contributed by atoms with E-state index in [4.69, 9.17) is 0 Å². The largest absolute Gasteiger partial charge is 0.573 e. The minimum absolute atomic E-state index is 0.213. The van der Waals surface area contributed by atoms with Crippen LogP contribution >= 0.6 is 0 Å². The molecule has 1 saturated heterocycles. The molecule has 1 aliphatic heterocycles. The van der Waals surface area contributed by atoms with Crippen LogP contribution in [0.25, 0.3) is 0 Å². The average molecular weight is 343 g/mol. The smallest absolute Gasteiger partial charge is 0.408 e. The molecule has 1 unspecified atom stereocenters. The highest BCUT2D eigenvalue weighted by atomic mass is 19.4. The van der Waals surface area contributed by atoms with Gasteiger partial charge in [-0.25, -0.2) is 0 Å². The van der Waals surface area contributed by atoms with Gasteiger partial charge in [0.05, 0.1) is 0 Å². The lowest BCUT2D eigenvalue weighted by Gasteiger charge is -2.30. The van der Waals surface area contributed by atoms with Gasteiger partial charge < -0.3 is 14.4 Å². The standard InChI is InChI=1S/C14H15F6NO2/c1-9-5-4-8-21(9)12-10(22-13(15,16)17)6-2-3-7-11(12)23-14(18,19)20/h2-3,6,9H,4-5,7-8H2,1H3. The molecule has 130 valence electrons. The topological polar surface area (TPSA) is 21.7 Å². The lowest BCUT2D eigenvalue weighted by Crippen LogP contribution is -2.31. The second-order valence-corrected chi connectivity index (χ2v) is 5.22. The van der Waals surface area contributed by atoms with Crippen molar-refractivity contribution in [3.8, 4) is 0 Å². The van der Waals surface area contributed by atoms with Gasteiger partial charge in [-0.3, -0.25) is 0 Å². The molecular weight excluding hydrogens is 328 g/mol. The van der Waals surface area contributed by atoms with E-state index in [0.29, 0.717) is 19.4 Å². The van der Waals surface area contributed by atoms with Crippen molar-refractivity contribution in [1.29, 1.82) is 0 Å². The molecule has 0 aromatic carbocycles. The fourth-order valence-electron chi connectivity index (χ4n) is 2.65. The van der Waals surface area contributed by atoms with Crippen LogP contribution in [-0.2, 0) is 9.47 Å². The summed E-state index contributed by atoms with van der Waals surface area (Å²) in [6.07, 6.45) is -5.46. The summed E-state index contributed by atoms with van der Waals surface area (Å²) in [4.78, 5) is 1.46. The number of allylic oxidation sites excluding steroid dienone is 3. The maximum absolute atomic E-state index is 12.6. The Bertz CT molecular complexity index is 532. The lowest BCUT2D eigenvalue weighted by molar-refractivity contribution is -0.310. The first kappa shape index (κ1) is 17.6. The molecule has 2 aliphatic rings. The van der Waals surface area contributed by atoms with E-state index >= 15 is 0 Å². The Kier molecular flexibility index (Phi) is 4.86. The highest BCUT2D eigenvalue weighted by Gasteiger charge is 2.40. The van der Waals surface area contributed by atoms with Crippen molar-refractivity contribution in [1.82, 2.24) is 4.90 Å². The average Bonchev–Trinajstić information content (AvgIpc) is 2.68. The van der Waals surface area contributed by atoms with Gasteiger partial charge in [0.25, 0.3) is 0 Å². The fraction of sp³-hybridized carbons (Fsp3) is 0.571. The van der Waals surface area contributed by atoms with Crippen molar-refractivity contribution in [3.05, 3.63) is 35.4 Å². The van der Waals surface area contributed by atoms with Gasteiger partial charge >= 0.3 is 12.7 Å². The quantitative estimate of drug-likeness (QED) is 0.699. The van der Waals surface area contributed by atoms with Crippen molar-refractivity contribution in [2.24, 2.45) is 0 Å². The minimum Gasteiger partial charge on any atom is -0.408 e. The number of halogens is 6. The van der Waals surface area contributed by atoms with Crippen LogP contribution in [-0.4, -0.2) is 30.2 Å². The molecule has 0 saturated carbocycles. The lowest BCUT2D eigenvalue weighted by atomic mass is 10.2. The van der Waals surface area contributed by atoms with E-state index in [9.17, 15) is 26.3 Å². The number of rotatable bonds is 3. The Morgan fingerprint density at radius 2 is 1.74 bits per heavy atom. The molecule has 23 heavy (non-hydrogen) atoms. The molecule has 0 N–H and O–H groups in total. The molecule has 0 bridgehead atoms. The Hall–Kier alpha value is -1.80. The fourth-order valence-corrected chi connectivity index (χ4v) is 2.65. The number of hydrogen-bond donors (Lipinski definition) is 0. The second-order valence-electron chi connectivity index (χ2n) is 5.22. The maximum Gasteiger partial charge on any atom is 0.573 e. The molecule has 2 rings (SSSR count). The van der Waals surface area contributed by atoms with Gasteiger partial charge in [-0.05, 0) is 25.8 Å². The number of ether oxygens (including phenoxy) is 2. The zero-order valence-corrected chi connectivity index (χ0v) is 12.2. The van der Waals surface area contributed by atoms with Gasteiger partial charge in [0.15, 0.2) is 5.76 Å². The van der Waals surface area contributed by atoms with E-state index in [2.05, 4.69) is 9.47 Å². The summed E-state index contributed by atoms with van der Waals surface area (Å²) in [6.45, 7) is 2.06. The molecule has 1 fully saturated rings. The molecule has 0 radical (unpaired) electrons. The third kappa shape index (κ3) is 4.84. The number of hydrogen-bond acceptors (Lipinski definition) is 3. The minimum atomic E-state index is -5.01. The van der Waals surface area contributed by atoms with E-state index in [-0.39, 0.29) is 18.2 Å². The summed E-state index contributed by atoms with van der Waals surface area (Å²) in [5, 5.41) is 0.